The van der Waals surface area contributed by atoms with Gasteiger partial charge in [0.05, 0.1) is 31.0 Å². The van der Waals surface area contributed by atoms with E-state index in [0.29, 0.717) is 13.1 Å². The second kappa shape index (κ2) is 10.7. The molecule has 7 nitrogen and oxygen atoms in total. The van der Waals surface area contributed by atoms with Gasteiger partial charge in [0.2, 0.25) is 5.91 Å². The monoisotopic (exact) mass is 485 g/mol. The average Bonchev–Trinajstić information content (AvgIpc) is 3.41. The lowest BCUT2D eigenvalue weighted by Crippen LogP contribution is -2.43. The van der Waals surface area contributed by atoms with Crippen LogP contribution in [0.3, 0.4) is 0 Å². The van der Waals surface area contributed by atoms with Crippen molar-refractivity contribution < 1.29 is 9.53 Å². The Balaban J connectivity index is 1.19. The Bertz CT molecular complexity index is 1280. The lowest BCUT2D eigenvalue weighted by molar-refractivity contribution is -0.125. The van der Waals surface area contributed by atoms with Gasteiger partial charge < -0.3 is 15.0 Å². The molecule has 0 spiro atoms. The normalized spacial score (nSPS) is 15.6. The molecule has 4 aromatic rings. The molecule has 0 saturated carbocycles. The van der Waals surface area contributed by atoms with Crippen molar-refractivity contribution in [1.29, 1.82) is 0 Å². The maximum atomic E-state index is 13.0. The Morgan fingerprint density at radius 1 is 1.11 bits per heavy atom. The molecule has 1 unspecified atom stereocenters. The molecule has 1 N–H and O–H groups in total. The summed E-state index contributed by atoms with van der Waals surface area (Å²) in [6, 6.07) is 19.9. The molecule has 2 aromatic carbocycles. The van der Waals surface area contributed by atoms with E-state index in [4.69, 9.17) is 4.74 Å². The maximum Gasteiger partial charge on any atom is 0.225 e. The molecule has 0 radical (unpaired) electrons. The number of amides is 1. The number of carbonyl (C=O) groups is 1. The molecule has 3 heterocycles. The number of piperidine rings is 1. The molecule has 0 aliphatic carbocycles. The number of hydrogen-bond acceptors (Lipinski definition) is 7. The number of anilines is 1. The second-order valence-electron chi connectivity index (χ2n) is 8.50. The van der Waals surface area contributed by atoms with Crippen LogP contribution >= 0.6 is 11.3 Å². The van der Waals surface area contributed by atoms with Crippen LogP contribution in [0.15, 0.2) is 72.4 Å². The smallest absolute Gasteiger partial charge is 0.225 e. The fraction of sp³-hybridized carbons (Fsp3) is 0.259. The number of nitrogens with zero attached hydrogens (tertiary/aromatic N) is 4. The Labute approximate surface area is 208 Å². The molecule has 35 heavy (non-hydrogen) atoms. The highest BCUT2D eigenvalue weighted by molar-refractivity contribution is 7.13. The standard InChI is InChI=1S/C27H27N5O2S/c1-34-23-11-9-20(10-12-23)27-31-22(17-35-27)15-28-26(33)21-8-5-13-32(16-21)25-14-24(29-18-30-25)19-6-3-2-4-7-19/h2-4,6-7,9-12,14,17-18,21H,5,8,13,15-16H2,1H3,(H,28,33). The topological polar surface area (TPSA) is 80.2 Å². The van der Waals surface area contributed by atoms with Crippen LogP contribution in [0.4, 0.5) is 5.82 Å². The molecule has 1 saturated heterocycles. The van der Waals surface area contributed by atoms with E-state index < -0.39 is 0 Å². The zero-order valence-electron chi connectivity index (χ0n) is 19.6. The Hall–Kier alpha value is -3.78. The van der Waals surface area contributed by atoms with Crippen molar-refractivity contribution in [2.75, 3.05) is 25.1 Å². The first-order valence-corrected chi connectivity index (χ1v) is 12.6. The van der Waals surface area contributed by atoms with Crippen LogP contribution in [0, 0.1) is 5.92 Å². The summed E-state index contributed by atoms with van der Waals surface area (Å²) in [5.74, 6) is 1.65. The molecule has 178 valence electrons. The van der Waals surface area contributed by atoms with E-state index >= 15 is 0 Å². The molecule has 2 aromatic heterocycles. The average molecular weight is 486 g/mol. The highest BCUT2D eigenvalue weighted by atomic mass is 32.1. The zero-order valence-corrected chi connectivity index (χ0v) is 20.4. The third kappa shape index (κ3) is 5.49. The van der Waals surface area contributed by atoms with Gasteiger partial charge >= 0.3 is 0 Å². The minimum Gasteiger partial charge on any atom is -0.497 e. The Kier molecular flexibility index (Phi) is 6.99. The minimum atomic E-state index is -0.0846. The molecule has 0 bridgehead atoms. The number of aromatic nitrogens is 3. The number of carbonyl (C=O) groups excluding carboxylic acids is 1. The molecule has 1 atom stereocenters. The first kappa shape index (κ1) is 23.0. The molecular weight excluding hydrogens is 458 g/mol. The predicted molar refractivity (Wildman–Crippen MR) is 138 cm³/mol. The van der Waals surface area contributed by atoms with Crippen LogP contribution in [0.5, 0.6) is 5.75 Å². The Morgan fingerprint density at radius 2 is 1.94 bits per heavy atom. The number of rotatable bonds is 7. The van der Waals surface area contributed by atoms with Crippen molar-refractivity contribution >= 4 is 23.1 Å². The van der Waals surface area contributed by atoms with E-state index in [0.717, 1.165) is 58.5 Å². The molecule has 1 aliphatic heterocycles. The van der Waals surface area contributed by atoms with Gasteiger partial charge in [-0.05, 0) is 37.1 Å². The van der Waals surface area contributed by atoms with E-state index in [1.54, 1.807) is 24.8 Å². The van der Waals surface area contributed by atoms with Crippen molar-refractivity contribution in [3.05, 3.63) is 78.1 Å². The van der Waals surface area contributed by atoms with Crippen LogP contribution in [-0.4, -0.2) is 41.1 Å². The number of hydrogen-bond donors (Lipinski definition) is 1. The fourth-order valence-electron chi connectivity index (χ4n) is 4.26. The van der Waals surface area contributed by atoms with Gasteiger partial charge in [-0.3, -0.25) is 4.79 Å². The third-order valence-electron chi connectivity index (χ3n) is 6.17. The summed E-state index contributed by atoms with van der Waals surface area (Å²) >= 11 is 1.57. The number of thiazole rings is 1. The third-order valence-corrected chi connectivity index (χ3v) is 7.11. The molecule has 8 heteroatoms. The van der Waals surface area contributed by atoms with E-state index in [2.05, 4.69) is 25.2 Å². The number of benzene rings is 2. The molecule has 1 aliphatic rings. The van der Waals surface area contributed by atoms with Gasteiger partial charge in [-0.25, -0.2) is 15.0 Å². The lowest BCUT2D eigenvalue weighted by Gasteiger charge is -2.32. The van der Waals surface area contributed by atoms with Gasteiger partial charge in [-0.2, -0.15) is 0 Å². The Morgan fingerprint density at radius 3 is 2.74 bits per heavy atom. The van der Waals surface area contributed by atoms with Crippen LogP contribution < -0.4 is 15.0 Å². The second-order valence-corrected chi connectivity index (χ2v) is 9.36. The molecule has 1 amide bonds. The van der Waals surface area contributed by atoms with Crippen molar-refractivity contribution in [3.8, 4) is 27.6 Å². The van der Waals surface area contributed by atoms with Crippen molar-refractivity contribution in [2.24, 2.45) is 5.92 Å². The van der Waals surface area contributed by atoms with Crippen LogP contribution in [0.25, 0.3) is 21.8 Å². The first-order chi connectivity index (χ1) is 17.2. The van der Waals surface area contributed by atoms with Crippen molar-refractivity contribution in [3.63, 3.8) is 0 Å². The van der Waals surface area contributed by atoms with Crippen LogP contribution in [0.1, 0.15) is 18.5 Å². The fourth-order valence-corrected chi connectivity index (χ4v) is 5.09. The van der Waals surface area contributed by atoms with E-state index in [1.807, 2.05) is 66.0 Å². The van der Waals surface area contributed by atoms with Gasteiger partial charge in [-0.15, -0.1) is 11.3 Å². The molecule has 1 fully saturated rings. The summed E-state index contributed by atoms with van der Waals surface area (Å²) in [6.45, 7) is 1.95. The molecular formula is C27H27N5O2S. The quantitative estimate of drug-likeness (QED) is 0.405. The molecule has 5 rings (SSSR count). The van der Waals surface area contributed by atoms with Gasteiger partial charge in [0, 0.05) is 35.7 Å². The summed E-state index contributed by atoms with van der Waals surface area (Å²) in [7, 11) is 1.65. The van der Waals surface area contributed by atoms with Crippen LogP contribution in [0.2, 0.25) is 0 Å². The van der Waals surface area contributed by atoms with Crippen molar-refractivity contribution in [1.82, 2.24) is 20.3 Å². The largest absolute Gasteiger partial charge is 0.497 e. The number of methoxy groups -OCH3 is 1. The summed E-state index contributed by atoms with van der Waals surface area (Å²) < 4.78 is 5.22. The SMILES string of the molecule is COc1ccc(-c2nc(CNC(=O)C3CCCN(c4cc(-c5ccccc5)ncn4)C3)cs2)cc1. The highest BCUT2D eigenvalue weighted by Gasteiger charge is 2.27. The van der Waals surface area contributed by atoms with Crippen molar-refractivity contribution in [2.45, 2.75) is 19.4 Å². The van der Waals surface area contributed by atoms with Gasteiger partial charge in [0.25, 0.3) is 0 Å². The predicted octanol–water partition coefficient (Wildman–Crippen LogP) is 4.81. The van der Waals surface area contributed by atoms with Gasteiger partial charge in [-0.1, -0.05) is 30.3 Å². The first-order valence-electron chi connectivity index (χ1n) is 11.7. The maximum absolute atomic E-state index is 13.0. The summed E-state index contributed by atoms with van der Waals surface area (Å²) in [6.07, 6.45) is 3.41. The van der Waals surface area contributed by atoms with E-state index in [1.165, 1.54) is 0 Å². The summed E-state index contributed by atoms with van der Waals surface area (Å²) in [4.78, 5) is 28.8. The van der Waals surface area contributed by atoms with E-state index in [-0.39, 0.29) is 11.8 Å². The highest BCUT2D eigenvalue weighted by Crippen LogP contribution is 2.27. The summed E-state index contributed by atoms with van der Waals surface area (Å²) in [5.41, 5.74) is 3.85. The van der Waals surface area contributed by atoms with E-state index in [9.17, 15) is 4.79 Å². The summed E-state index contributed by atoms with van der Waals surface area (Å²) in [5, 5.41) is 6.02. The van der Waals surface area contributed by atoms with Crippen LogP contribution in [-0.2, 0) is 11.3 Å². The zero-order chi connectivity index (χ0) is 24.0. The number of nitrogens with one attached hydrogen (secondary N) is 1. The van der Waals surface area contributed by atoms with Gasteiger partial charge in [0.1, 0.15) is 22.9 Å². The lowest BCUT2D eigenvalue weighted by atomic mass is 9.97. The number of ether oxygens (including phenoxy) is 1. The van der Waals surface area contributed by atoms with Gasteiger partial charge in [0.15, 0.2) is 0 Å². The minimum absolute atomic E-state index is 0.0611.